The zero-order valence-corrected chi connectivity index (χ0v) is 12.4. The molecule has 0 radical (unpaired) electrons. The molecule has 0 fully saturated rings. The van der Waals surface area contributed by atoms with Crippen molar-refractivity contribution in [1.29, 1.82) is 0 Å². The number of hydrogen-bond acceptors (Lipinski definition) is 4. The van der Waals surface area contributed by atoms with Gasteiger partial charge in [0.2, 0.25) is 0 Å². The lowest BCUT2D eigenvalue weighted by Gasteiger charge is -2.15. The van der Waals surface area contributed by atoms with Crippen LogP contribution >= 0.6 is 15.9 Å². The molecule has 0 heterocycles. The number of benzene rings is 1. The molecule has 0 bridgehead atoms. The van der Waals surface area contributed by atoms with Gasteiger partial charge in [0.05, 0.1) is 6.61 Å². The maximum atomic E-state index is 9.64. The highest BCUT2D eigenvalue weighted by atomic mass is 79.9. The maximum absolute atomic E-state index is 9.64. The Balaban J connectivity index is 2.55. The first-order chi connectivity index (χ1) is 8.67. The van der Waals surface area contributed by atoms with Gasteiger partial charge in [0.1, 0.15) is 18.5 Å². The fourth-order valence-electron chi connectivity index (χ4n) is 1.51. The SMILES string of the molecule is CCOCC(O)COc1ccc(Br)cc1CNC. The highest BCUT2D eigenvalue weighted by molar-refractivity contribution is 9.10. The standard InChI is InChI=1S/C13H20BrNO3/c1-3-17-8-12(16)9-18-13-5-4-11(14)6-10(13)7-15-2/h4-6,12,15-16H,3,7-9H2,1-2H3. The van der Waals surface area contributed by atoms with Crippen LogP contribution in [0.25, 0.3) is 0 Å². The van der Waals surface area contributed by atoms with Crippen LogP contribution in [0.5, 0.6) is 5.75 Å². The van der Waals surface area contributed by atoms with Gasteiger partial charge in [0.15, 0.2) is 0 Å². The second-order valence-corrected chi connectivity index (χ2v) is 4.82. The number of aliphatic hydroxyl groups excluding tert-OH is 1. The molecule has 0 saturated heterocycles. The first kappa shape index (κ1) is 15.4. The molecule has 0 aliphatic rings. The predicted octanol–water partition coefficient (Wildman–Crippen LogP) is 1.94. The Morgan fingerprint density at radius 3 is 2.83 bits per heavy atom. The molecule has 0 spiro atoms. The van der Waals surface area contributed by atoms with Crippen molar-refractivity contribution in [1.82, 2.24) is 5.32 Å². The third kappa shape index (κ3) is 5.35. The van der Waals surface area contributed by atoms with Crippen molar-refractivity contribution in [3.05, 3.63) is 28.2 Å². The van der Waals surface area contributed by atoms with Crippen molar-refractivity contribution in [2.24, 2.45) is 0 Å². The highest BCUT2D eigenvalue weighted by Gasteiger charge is 2.08. The van der Waals surface area contributed by atoms with Gasteiger partial charge in [-0.3, -0.25) is 0 Å². The van der Waals surface area contributed by atoms with Gasteiger partial charge in [-0.25, -0.2) is 0 Å². The van der Waals surface area contributed by atoms with E-state index in [1.807, 2.05) is 32.2 Å². The van der Waals surface area contributed by atoms with Crippen LogP contribution in [0.1, 0.15) is 12.5 Å². The minimum Gasteiger partial charge on any atom is -0.490 e. The van der Waals surface area contributed by atoms with E-state index < -0.39 is 6.10 Å². The summed E-state index contributed by atoms with van der Waals surface area (Å²) >= 11 is 3.43. The smallest absolute Gasteiger partial charge is 0.124 e. The van der Waals surface area contributed by atoms with Gasteiger partial charge < -0.3 is 19.9 Å². The van der Waals surface area contributed by atoms with E-state index in [4.69, 9.17) is 9.47 Å². The summed E-state index contributed by atoms with van der Waals surface area (Å²) in [7, 11) is 1.88. The zero-order chi connectivity index (χ0) is 13.4. The second kappa shape index (κ2) is 8.48. The van der Waals surface area contributed by atoms with E-state index >= 15 is 0 Å². The monoisotopic (exact) mass is 317 g/mol. The van der Waals surface area contributed by atoms with Crippen LogP contribution in [0, 0.1) is 0 Å². The molecule has 0 aliphatic carbocycles. The first-order valence-electron chi connectivity index (χ1n) is 5.99. The van der Waals surface area contributed by atoms with Crippen molar-refractivity contribution < 1.29 is 14.6 Å². The van der Waals surface area contributed by atoms with Gasteiger partial charge in [0, 0.05) is 23.2 Å². The van der Waals surface area contributed by atoms with Gasteiger partial charge in [-0.15, -0.1) is 0 Å². The Bertz CT molecular complexity index is 360. The van der Waals surface area contributed by atoms with Crippen molar-refractivity contribution >= 4 is 15.9 Å². The summed E-state index contributed by atoms with van der Waals surface area (Å²) in [4.78, 5) is 0. The summed E-state index contributed by atoms with van der Waals surface area (Å²) in [6.07, 6.45) is -0.601. The summed E-state index contributed by atoms with van der Waals surface area (Å²) in [5.74, 6) is 0.781. The lowest BCUT2D eigenvalue weighted by atomic mass is 10.2. The molecule has 5 heteroatoms. The molecule has 0 saturated carbocycles. The average molecular weight is 318 g/mol. The van der Waals surface area contributed by atoms with Gasteiger partial charge in [-0.1, -0.05) is 15.9 Å². The molecule has 2 N–H and O–H groups in total. The zero-order valence-electron chi connectivity index (χ0n) is 10.8. The Morgan fingerprint density at radius 2 is 2.17 bits per heavy atom. The molecule has 1 atom stereocenters. The van der Waals surface area contributed by atoms with E-state index in [-0.39, 0.29) is 6.61 Å². The molecular weight excluding hydrogens is 298 g/mol. The first-order valence-corrected chi connectivity index (χ1v) is 6.78. The van der Waals surface area contributed by atoms with Crippen LogP contribution in [0.3, 0.4) is 0 Å². The third-order valence-corrected chi connectivity index (χ3v) is 2.83. The Labute approximate surface area is 116 Å². The normalized spacial score (nSPS) is 12.4. The fraction of sp³-hybridized carbons (Fsp3) is 0.538. The van der Waals surface area contributed by atoms with E-state index in [2.05, 4.69) is 21.2 Å². The van der Waals surface area contributed by atoms with Crippen LogP contribution in [0.4, 0.5) is 0 Å². The van der Waals surface area contributed by atoms with Crippen LogP contribution in [-0.2, 0) is 11.3 Å². The Morgan fingerprint density at radius 1 is 1.39 bits per heavy atom. The summed E-state index contributed by atoms with van der Waals surface area (Å²) in [6, 6.07) is 5.81. The maximum Gasteiger partial charge on any atom is 0.124 e. The molecule has 0 aliphatic heterocycles. The summed E-state index contributed by atoms with van der Waals surface area (Å²) < 4.78 is 11.8. The third-order valence-electron chi connectivity index (χ3n) is 2.34. The fourth-order valence-corrected chi connectivity index (χ4v) is 1.91. The number of ether oxygens (including phenoxy) is 2. The highest BCUT2D eigenvalue weighted by Crippen LogP contribution is 2.23. The number of rotatable bonds is 8. The van der Waals surface area contributed by atoms with E-state index in [1.54, 1.807) is 0 Å². The number of hydrogen-bond donors (Lipinski definition) is 2. The molecule has 0 amide bonds. The van der Waals surface area contributed by atoms with Crippen molar-refractivity contribution in [2.75, 3.05) is 26.9 Å². The Hall–Kier alpha value is -0.620. The summed E-state index contributed by atoms with van der Waals surface area (Å²) in [5.41, 5.74) is 1.05. The van der Waals surface area contributed by atoms with Crippen LogP contribution in [0.2, 0.25) is 0 Å². The van der Waals surface area contributed by atoms with Crippen molar-refractivity contribution in [2.45, 2.75) is 19.6 Å². The predicted molar refractivity (Wildman–Crippen MR) is 74.9 cm³/mol. The van der Waals surface area contributed by atoms with Crippen molar-refractivity contribution in [3.8, 4) is 5.75 Å². The van der Waals surface area contributed by atoms with Gasteiger partial charge in [-0.05, 0) is 32.2 Å². The van der Waals surface area contributed by atoms with E-state index in [0.717, 1.165) is 22.3 Å². The quantitative estimate of drug-likeness (QED) is 0.769. The molecular formula is C13H20BrNO3. The van der Waals surface area contributed by atoms with Crippen LogP contribution < -0.4 is 10.1 Å². The molecule has 4 nitrogen and oxygen atoms in total. The van der Waals surface area contributed by atoms with Gasteiger partial charge in [-0.2, -0.15) is 0 Å². The molecule has 102 valence electrons. The number of aliphatic hydroxyl groups is 1. The molecule has 1 unspecified atom stereocenters. The minimum absolute atomic E-state index is 0.234. The van der Waals surface area contributed by atoms with Gasteiger partial charge in [0.25, 0.3) is 0 Å². The topological polar surface area (TPSA) is 50.7 Å². The van der Waals surface area contributed by atoms with E-state index in [1.165, 1.54) is 0 Å². The lowest BCUT2D eigenvalue weighted by Crippen LogP contribution is -2.24. The summed E-state index contributed by atoms with van der Waals surface area (Å²) in [5, 5.41) is 12.7. The summed E-state index contributed by atoms with van der Waals surface area (Å²) in [6.45, 7) is 3.75. The van der Waals surface area contributed by atoms with E-state index in [9.17, 15) is 5.11 Å². The molecule has 1 aromatic carbocycles. The van der Waals surface area contributed by atoms with E-state index in [0.29, 0.717) is 13.2 Å². The largest absolute Gasteiger partial charge is 0.490 e. The van der Waals surface area contributed by atoms with Crippen molar-refractivity contribution in [3.63, 3.8) is 0 Å². The second-order valence-electron chi connectivity index (χ2n) is 3.91. The minimum atomic E-state index is -0.601. The van der Waals surface area contributed by atoms with Crippen LogP contribution in [-0.4, -0.2) is 38.1 Å². The average Bonchev–Trinajstić information content (AvgIpc) is 2.36. The van der Waals surface area contributed by atoms with Crippen LogP contribution in [0.15, 0.2) is 22.7 Å². The molecule has 18 heavy (non-hydrogen) atoms. The molecule has 0 aromatic heterocycles. The molecule has 1 rings (SSSR count). The molecule has 1 aromatic rings. The lowest BCUT2D eigenvalue weighted by molar-refractivity contribution is 0.0162. The number of halogens is 1. The number of nitrogens with one attached hydrogen (secondary N) is 1. The van der Waals surface area contributed by atoms with Gasteiger partial charge >= 0.3 is 0 Å². The Kier molecular flexibility index (Phi) is 7.27.